The van der Waals surface area contributed by atoms with E-state index in [1.807, 2.05) is 6.92 Å². The van der Waals surface area contributed by atoms with Crippen LogP contribution >= 0.6 is 23.4 Å². The average molecular weight is 364 g/mol. The number of amidine groups is 1. The largest absolute Gasteiger partial charge is 0.433 e. The third-order valence-corrected chi connectivity index (χ3v) is 4.24. The van der Waals surface area contributed by atoms with Gasteiger partial charge >= 0.3 is 5.88 Å². The van der Waals surface area contributed by atoms with E-state index in [-0.39, 0.29) is 17.6 Å². The third-order valence-electron chi connectivity index (χ3n) is 3.10. The lowest BCUT2D eigenvalue weighted by atomic mass is 10.2. The first-order valence-corrected chi connectivity index (χ1v) is 7.92. The molecular formula is C15H10ClN3O4S. The lowest BCUT2D eigenvalue weighted by Gasteiger charge is -2.01. The lowest BCUT2D eigenvalue weighted by Crippen LogP contribution is -2.19. The van der Waals surface area contributed by atoms with Crippen LogP contribution in [-0.4, -0.2) is 16.0 Å². The van der Waals surface area contributed by atoms with Crippen LogP contribution < -0.4 is 5.32 Å². The molecule has 2 aromatic rings. The molecule has 9 heteroatoms. The van der Waals surface area contributed by atoms with Gasteiger partial charge in [0.2, 0.25) is 0 Å². The van der Waals surface area contributed by atoms with Crippen molar-refractivity contribution in [3.05, 3.63) is 61.7 Å². The number of nitrogens with one attached hydrogen (secondary N) is 1. The summed E-state index contributed by atoms with van der Waals surface area (Å²) in [6.45, 7) is 1.87. The number of rotatable bonds is 3. The van der Waals surface area contributed by atoms with E-state index in [1.54, 1.807) is 18.2 Å². The fourth-order valence-corrected chi connectivity index (χ4v) is 3.02. The van der Waals surface area contributed by atoms with Gasteiger partial charge in [-0.1, -0.05) is 11.6 Å². The SMILES string of the molecule is Cc1cc(Cl)ccc1N=C1NC(=O)/C(=C/c2ccc([N+](=O)[O-])o2)S1. The first-order valence-electron chi connectivity index (χ1n) is 6.72. The molecule has 7 nitrogen and oxygen atoms in total. The van der Waals surface area contributed by atoms with Crippen LogP contribution in [0.15, 0.2) is 44.6 Å². The van der Waals surface area contributed by atoms with Gasteiger partial charge < -0.3 is 9.73 Å². The van der Waals surface area contributed by atoms with Crippen molar-refractivity contribution in [2.24, 2.45) is 4.99 Å². The molecule has 24 heavy (non-hydrogen) atoms. The fourth-order valence-electron chi connectivity index (χ4n) is 1.98. The molecule has 1 amide bonds. The van der Waals surface area contributed by atoms with Gasteiger partial charge in [-0.25, -0.2) is 4.99 Å². The summed E-state index contributed by atoms with van der Waals surface area (Å²) in [5, 5.41) is 14.3. The molecule has 2 heterocycles. The highest BCUT2D eigenvalue weighted by Crippen LogP contribution is 2.30. The van der Waals surface area contributed by atoms with Gasteiger partial charge in [0.15, 0.2) is 5.17 Å². The van der Waals surface area contributed by atoms with Crippen molar-refractivity contribution in [2.45, 2.75) is 6.92 Å². The highest BCUT2D eigenvalue weighted by molar-refractivity contribution is 8.18. The number of aliphatic imine (C=N–C) groups is 1. The molecule has 0 spiro atoms. The molecule has 1 aromatic carbocycles. The Morgan fingerprint density at radius 1 is 1.38 bits per heavy atom. The monoisotopic (exact) mass is 363 g/mol. The van der Waals surface area contributed by atoms with Crippen LogP contribution in [0.5, 0.6) is 0 Å². The van der Waals surface area contributed by atoms with Crippen molar-refractivity contribution in [1.29, 1.82) is 0 Å². The first-order chi connectivity index (χ1) is 11.4. The third kappa shape index (κ3) is 3.50. The number of furan rings is 1. The molecule has 1 aliphatic rings. The summed E-state index contributed by atoms with van der Waals surface area (Å²) in [7, 11) is 0. The van der Waals surface area contributed by atoms with E-state index in [0.29, 0.717) is 20.8 Å². The van der Waals surface area contributed by atoms with Gasteiger partial charge in [0.25, 0.3) is 5.91 Å². The Bertz CT molecular complexity index is 904. The van der Waals surface area contributed by atoms with E-state index in [4.69, 9.17) is 16.0 Å². The molecule has 0 aliphatic carbocycles. The maximum atomic E-state index is 12.0. The zero-order valence-electron chi connectivity index (χ0n) is 12.3. The Morgan fingerprint density at radius 3 is 2.83 bits per heavy atom. The Labute approximate surface area is 145 Å². The molecule has 1 N–H and O–H groups in total. The molecule has 1 aliphatic heterocycles. The van der Waals surface area contributed by atoms with E-state index in [2.05, 4.69) is 10.3 Å². The topological polar surface area (TPSA) is 97.7 Å². The fraction of sp³-hybridized carbons (Fsp3) is 0.0667. The summed E-state index contributed by atoms with van der Waals surface area (Å²) in [6.07, 6.45) is 1.43. The summed E-state index contributed by atoms with van der Waals surface area (Å²) in [6, 6.07) is 7.91. The predicted octanol–water partition coefficient (Wildman–Crippen LogP) is 4.04. The van der Waals surface area contributed by atoms with Gasteiger partial charge in [-0.2, -0.15) is 0 Å². The van der Waals surface area contributed by atoms with Crippen molar-refractivity contribution >= 4 is 52.1 Å². The van der Waals surface area contributed by atoms with Crippen molar-refractivity contribution < 1.29 is 14.1 Å². The van der Waals surface area contributed by atoms with Gasteiger partial charge in [-0.3, -0.25) is 14.9 Å². The zero-order valence-corrected chi connectivity index (χ0v) is 13.9. The number of nitrogens with zero attached hydrogens (tertiary/aromatic N) is 2. The van der Waals surface area contributed by atoms with Gasteiger partial charge in [0, 0.05) is 11.1 Å². The van der Waals surface area contributed by atoms with Crippen molar-refractivity contribution in [2.75, 3.05) is 0 Å². The summed E-state index contributed by atoms with van der Waals surface area (Å²) in [4.78, 5) is 26.7. The number of hydrogen-bond donors (Lipinski definition) is 1. The minimum atomic E-state index is -0.639. The number of hydrogen-bond acceptors (Lipinski definition) is 6. The van der Waals surface area contributed by atoms with Gasteiger partial charge in [-0.15, -0.1) is 0 Å². The summed E-state index contributed by atoms with van der Waals surface area (Å²) in [5.41, 5.74) is 1.57. The smallest absolute Gasteiger partial charge is 0.401 e. The van der Waals surface area contributed by atoms with E-state index in [0.717, 1.165) is 17.3 Å². The van der Waals surface area contributed by atoms with Crippen LogP contribution in [-0.2, 0) is 4.79 Å². The van der Waals surface area contributed by atoms with Crippen LogP contribution in [0.2, 0.25) is 5.02 Å². The van der Waals surface area contributed by atoms with Crippen LogP contribution in [0.4, 0.5) is 11.6 Å². The predicted molar refractivity (Wildman–Crippen MR) is 92.4 cm³/mol. The van der Waals surface area contributed by atoms with Gasteiger partial charge in [0.1, 0.15) is 10.7 Å². The molecule has 0 radical (unpaired) electrons. The highest BCUT2D eigenvalue weighted by Gasteiger charge is 2.25. The Balaban J connectivity index is 1.83. The molecular weight excluding hydrogens is 354 g/mol. The number of thioether (sulfide) groups is 1. The average Bonchev–Trinajstić information content (AvgIpc) is 3.10. The molecule has 3 rings (SSSR count). The second kappa shape index (κ2) is 6.50. The summed E-state index contributed by atoms with van der Waals surface area (Å²) < 4.78 is 5.02. The minimum absolute atomic E-state index is 0.225. The lowest BCUT2D eigenvalue weighted by molar-refractivity contribution is -0.402. The Kier molecular flexibility index (Phi) is 4.41. The van der Waals surface area contributed by atoms with Gasteiger partial charge in [-0.05, 0) is 48.5 Å². The van der Waals surface area contributed by atoms with E-state index < -0.39 is 4.92 Å². The first kappa shape index (κ1) is 16.3. The molecule has 0 saturated carbocycles. The van der Waals surface area contributed by atoms with Crippen molar-refractivity contribution in [1.82, 2.24) is 5.32 Å². The van der Waals surface area contributed by atoms with Crippen LogP contribution in [0.1, 0.15) is 11.3 Å². The van der Waals surface area contributed by atoms with Crippen LogP contribution in [0.25, 0.3) is 6.08 Å². The van der Waals surface area contributed by atoms with Crippen LogP contribution in [0, 0.1) is 17.0 Å². The minimum Gasteiger partial charge on any atom is -0.401 e. The summed E-state index contributed by atoms with van der Waals surface area (Å²) >= 11 is 7.03. The number of halogens is 1. The maximum Gasteiger partial charge on any atom is 0.433 e. The second-order valence-corrected chi connectivity index (χ2v) is 6.31. The van der Waals surface area contributed by atoms with Crippen LogP contribution in [0.3, 0.4) is 0 Å². The maximum absolute atomic E-state index is 12.0. The standard InChI is InChI=1S/C15H10ClN3O4S/c1-8-6-9(16)2-4-11(8)17-15-18-14(20)12(24-15)7-10-3-5-13(23-10)19(21)22/h2-7H,1H3,(H,17,18,20)/b12-7-. The molecule has 0 atom stereocenters. The summed E-state index contributed by atoms with van der Waals surface area (Å²) in [5.74, 6) is -0.497. The molecule has 1 aromatic heterocycles. The molecule has 1 saturated heterocycles. The van der Waals surface area contributed by atoms with E-state index in [1.165, 1.54) is 18.2 Å². The van der Waals surface area contributed by atoms with Gasteiger partial charge in [0.05, 0.1) is 16.7 Å². The Morgan fingerprint density at radius 2 is 2.17 bits per heavy atom. The Hall–Kier alpha value is -2.58. The van der Waals surface area contributed by atoms with Crippen molar-refractivity contribution in [3.8, 4) is 0 Å². The number of nitro groups is 1. The zero-order chi connectivity index (χ0) is 17.3. The van der Waals surface area contributed by atoms with E-state index >= 15 is 0 Å². The number of carbonyl (C=O) groups excluding carboxylic acids is 1. The highest BCUT2D eigenvalue weighted by atomic mass is 35.5. The normalized spacial score (nSPS) is 17.5. The quantitative estimate of drug-likeness (QED) is 0.504. The van der Waals surface area contributed by atoms with E-state index in [9.17, 15) is 14.9 Å². The number of carbonyl (C=O) groups is 1. The molecule has 0 unspecified atom stereocenters. The second-order valence-electron chi connectivity index (χ2n) is 4.85. The number of benzene rings is 1. The molecule has 1 fully saturated rings. The number of amides is 1. The number of aryl methyl sites for hydroxylation is 1. The molecule has 122 valence electrons. The van der Waals surface area contributed by atoms with Crippen molar-refractivity contribution in [3.63, 3.8) is 0 Å². The molecule has 0 bridgehead atoms.